The maximum atomic E-state index is 12.9. The number of aryl methyl sites for hydroxylation is 1. The number of hydrogen-bond donors (Lipinski definition) is 1. The summed E-state index contributed by atoms with van der Waals surface area (Å²) >= 11 is 1.36. The van der Waals surface area contributed by atoms with Crippen molar-refractivity contribution < 1.29 is 18.7 Å². The van der Waals surface area contributed by atoms with Crippen LogP contribution in [-0.4, -0.2) is 18.5 Å². The number of fused-ring (bicyclic) bond motifs is 1. The van der Waals surface area contributed by atoms with Crippen LogP contribution in [0.4, 0.5) is 5.00 Å². The van der Waals surface area contributed by atoms with E-state index in [2.05, 4.69) is 11.4 Å². The zero-order chi connectivity index (χ0) is 24.1. The summed E-state index contributed by atoms with van der Waals surface area (Å²) in [5.41, 5.74) is 2.23. The number of amides is 1. The fraction of sp³-hybridized carbons (Fsp3) is 0.231. The first-order valence-electron chi connectivity index (χ1n) is 10.9. The number of benzene rings is 1. The molecular weight excluding hydrogens is 450 g/mol. The normalized spacial score (nSPS) is 12.9. The van der Waals surface area contributed by atoms with E-state index < -0.39 is 11.9 Å². The zero-order valence-corrected chi connectivity index (χ0v) is 19.3. The summed E-state index contributed by atoms with van der Waals surface area (Å²) in [7, 11) is 0. The summed E-state index contributed by atoms with van der Waals surface area (Å²) in [4.78, 5) is 26.6. The van der Waals surface area contributed by atoms with Crippen molar-refractivity contribution in [2.45, 2.75) is 32.6 Å². The quantitative estimate of drug-likeness (QED) is 0.289. The van der Waals surface area contributed by atoms with Crippen molar-refractivity contribution >= 4 is 34.3 Å². The molecule has 0 aliphatic heterocycles. The average molecular weight is 472 g/mol. The number of ether oxygens (including phenoxy) is 1. The molecule has 4 rings (SSSR count). The maximum Gasteiger partial charge on any atom is 0.341 e. The van der Waals surface area contributed by atoms with Crippen molar-refractivity contribution in [3.05, 3.63) is 69.3 Å². The van der Waals surface area contributed by atoms with Crippen molar-refractivity contribution in [3.8, 4) is 23.5 Å². The van der Waals surface area contributed by atoms with Crippen LogP contribution in [0, 0.1) is 22.7 Å². The molecule has 0 fully saturated rings. The predicted molar refractivity (Wildman–Crippen MR) is 128 cm³/mol. The van der Waals surface area contributed by atoms with Crippen LogP contribution < -0.4 is 5.32 Å². The highest BCUT2D eigenvalue weighted by Crippen LogP contribution is 2.39. The average Bonchev–Trinajstić information content (AvgIpc) is 3.46. The van der Waals surface area contributed by atoms with Gasteiger partial charge in [-0.05, 0) is 62.4 Å². The minimum absolute atomic E-state index is 0.171. The Morgan fingerprint density at radius 3 is 2.74 bits per heavy atom. The zero-order valence-electron chi connectivity index (χ0n) is 18.5. The molecule has 7 nitrogen and oxygen atoms in total. The lowest BCUT2D eigenvalue weighted by Crippen LogP contribution is -2.16. The molecule has 1 N–H and O–H groups in total. The van der Waals surface area contributed by atoms with Gasteiger partial charge in [-0.3, -0.25) is 4.79 Å². The number of hydrogen-bond acceptors (Lipinski definition) is 7. The summed E-state index contributed by atoms with van der Waals surface area (Å²) in [6, 6.07) is 14.3. The van der Waals surface area contributed by atoms with Crippen LogP contribution in [0.25, 0.3) is 17.4 Å². The Bertz CT molecular complexity index is 1370. The summed E-state index contributed by atoms with van der Waals surface area (Å²) < 4.78 is 11.0. The van der Waals surface area contributed by atoms with Crippen LogP contribution in [0.5, 0.6) is 0 Å². The van der Waals surface area contributed by atoms with Gasteiger partial charge in [-0.1, -0.05) is 12.1 Å². The monoisotopic (exact) mass is 471 g/mol. The predicted octanol–water partition coefficient (Wildman–Crippen LogP) is 5.48. The highest BCUT2D eigenvalue weighted by Gasteiger charge is 2.28. The molecule has 1 aliphatic rings. The fourth-order valence-electron chi connectivity index (χ4n) is 3.91. The molecule has 0 bridgehead atoms. The molecule has 0 spiro atoms. The first-order chi connectivity index (χ1) is 16.5. The molecule has 3 aromatic rings. The lowest BCUT2D eigenvalue weighted by Gasteiger charge is -2.12. The third kappa shape index (κ3) is 4.63. The first-order valence-corrected chi connectivity index (χ1v) is 11.7. The molecule has 0 saturated heterocycles. The van der Waals surface area contributed by atoms with Crippen molar-refractivity contribution in [1.82, 2.24) is 0 Å². The topological polar surface area (TPSA) is 116 Å². The molecule has 1 aromatic carbocycles. The Hall–Kier alpha value is -4.14. The number of carbonyl (C=O) groups is 2. The number of rotatable bonds is 6. The highest BCUT2D eigenvalue weighted by molar-refractivity contribution is 7.17. The van der Waals surface area contributed by atoms with Gasteiger partial charge in [-0.2, -0.15) is 10.5 Å². The van der Waals surface area contributed by atoms with Gasteiger partial charge in [-0.25, -0.2) is 4.79 Å². The van der Waals surface area contributed by atoms with Gasteiger partial charge < -0.3 is 14.5 Å². The molecule has 0 unspecified atom stereocenters. The molecule has 0 radical (unpaired) electrons. The number of nitriles is 2. The van der Waals surface area contributed by atoms with Gasteiger partial charge in [0.05, 0.1) is 23.8 Å². The second-order valence-corrected chi connectivity index (χ2v) is 8.72. The smallest absolute Gasteiger partial charge is 0.341 e. The number of furan rings is 1. The van der Waals surface area contributed by atoms with Crippen LogP contribution in [0.1, 0.15) is 51.9 Å². The van der Waals surface area contributed by atoms with Crippen LogP contribution in [0.3, 0.4) is 0 Å². The summed E-state index contributed by atoms with van der Waals surface area (Å²) in [5, 5.41) is 22.1. The molecule has 0 saturated carbocycles. The highest BCUT2D eigenvalue weighted by atomic mass is 32.1. The standard InChI is InChI=1S/C26H21N3O4S/c1-2-32-26(31)23-20-9-5-6-10-22(20)34-25(23)29-24(30)17(15-28)13-18-11-12-21(33-18)19-8-4-3-7-16(19)14-27/h3-4,7-8,11-13H,2,5-6,9-10H2,1H3,(H,29,30)/b17-13+. The fourth-order valence-corrected chi connectivity index (χ4v) is 5.18. The maximum absolute atomic E-state index is 12.9. The number of esters is 1. The SMILES string of the molecule is CCOC(=O)c1c(NC(=O)/C(C#N)=C/c2ccc(-c3ccccc3C#N)o2)sc2c1CCCC2. The van der Waals surface area contributed by atoms with E-state index in [4.69, 9.17) is 9.15 Å². The largest absolute Gasteiger partial charge is 0.462 e. The molecule has 2 heterocycles. The summed E-state index contributed by atoms with van der Waals surface area (Å²) in [6.07, 6.45) is 4.95. The van der Waals surface area contributed by atoms with Gasteiger partial charge >= 0.3 is 5.97 Å². The van der Waals surface area contributed by atoms with Gasteiger partial charge in [0.1, 0.15) is 28.2 Å². The van der Waals surface area contributed by atoms with E-state index in [1.54, 1.807) is 43.3 Å². The van der Waals surface area contributed by atoms with E-state index in [0.717, 1.165) is 36.1 Å². The Kier molecular flexibility index (Phi) is 6.91. The number of anilines is 1. The molecule has 1 aliphatic carbocycles. The van der Waals surface area contributed by atoms with E-state index in [-0.39, 0.29) is 12.2 Å². The summed E-state index contributed by atoms with van der Waals surface area (Å²) in [6.45, 7) is 1.97. The van der Waals surface area contributed by atoms with E-state index in [9.17, 15) is 20.1 Å². The first kappa shape index (κ1) is 23.0. The minimum atomic E-state index is -0.637. The molecule has 170 valence electrons. The van der Waals surface area contributed by atoms with Gasteiger partial charge in [0, 0.05) is 16.5 Å². The van der Waals surface area contributed by atoms with Gasteiger partial charge in [0.25, 0.3) is 5.91 Å². The number of carbonyl (C=O) groups excluding carboxylic acids is 2. The van der Waals surface area contributed by atoms with Crippen molar-refractivity contribution in [1.29, 1.82) is 10.5 Å². The van der Waals surface area contributed by atoms with E-state index in [0.29, 0.717) is 33.2 Å². The second-order valence-electron chi connectivity index (χ2n) is 7.62. The van der Waals surface area contributed by atoms with Crippen LogP contribution in [-0.2, 0) is 22.4 Å². The van der Waals surface area contributed by atoms with Gasteiger partial charge in [-0.15, -0.1) is 11.3 Å². The molecule has 8 heteroatoms. The van der Waals surface area contributed by atoms with E-state index in [1.807, 2.05) is 6.07 Å². The molecular formula is C26H21N3O4S. The lowest BCUT2D eigenvalue weighted by atomic mass is 9.95. The Morgan fingerprint density at radius 2 is 1.97 bits per heavy atom. The third-order valence-electron chi connectivity index (χ3n) is 5.47. The lowest BCUT2D eigenvalue weighted by molar-refractivity contribution is -0.112. The molecule has 1 amide bonds. The Labute approximate surface area is 200 Å². The van der Waals surface area contributed by atoms with Crippen LogP contribution in [0.2, 0.25) is 0 Å². The van der Waals surface area contributed by atoms with Gasteiger partial charge in [0.15, 0.2) is 0 Å². The number of nitrogens with one attached hydrogen (secondary N) is 1. The molecule has 34 heavy (non-hydrogen) atoms. The Balaban J connectivity index is 1.61. The van der Waals surface area contributed by atoms with Crippen LogP contribution >= 0.6 is 11.3 Å². The van der Waals surface area contributed by atoms with Crippen molar-refractivity contribution in [2.75, 3.05) is 11.9 Å². The van der Waals surface area contributed by atoms with Crippen molar-refractivity contribution in [2.24, 2.45) is 0 Å². The second kappa shape index (κ2) is 10.2. The number of thiophene rings is 1. The third-order valence-corrected chi connectivity index (χ3v) is 6.68. The minimum Gasteiger partial charge on any atom is -0.462 e. The van der Waals surface area contributed by atoms with E-state index >= 15 is 0 Å². The van der Waals surface area contributed by atoms with Crippen molar-refractivity contribution in [3.63, 3.8) is 0 Å². The van der Waals surface area contributed by atoms with Crippen LogP contribution in [0.15, 0.2) is 46.4 Å². The molecule has 2 aromatic heterocycles. The van der Waals surface area contributed by atoms with Gasteiger partial charge in [0.2, 0.25) is 0 Å². The van der Waals surface area contributed by atoms with E-state index in [1.165, 1.54) is 17.4 Å². The summed E-state index contributed by atoms with van der Waals surface area (Å²) in [5.74, 6) is -0.351. The Morgan fingerprint density at radius 1 is 1.18 bits per heavy atom. The number of nitrogens with zero attached hydrogens (tertiary/aromatic N) is 2. The molecule has 0 atom stereocenters.